The average molecular weight is 343 g/mol. The van der Waals surface area contributed by atoms with Crippen molar-refractivity contribution in [3.05, 3.63) is 29.6 Å². The lowest BCUT2D eigenvalue weighted by Gasteiger charge is -2.38. The number of ether oxygens (including phenoxy) is 1. The van der Waals surface area contributed by atoms with Crippen molar-refractivity contribution in [1.82, 2.24) is 5.32 Å². The van der Waals surface area contributed by atoms with Crippen LogP contribution in [0.3, 0.4) is 0 Å². The van der Waals surface area contributed by atoms with Crippen LogP contribution < -0.4 is 10.1 Å². The summed E-state index contributed by atoms with van der Waals surface area (Å²) in [5, 5.41) is 11.1. The molecule has 3 rings (SSSR count). The molecule has 5 nitrogen and oxygen atoms in total. The van der Waals surface area contributed by atoms with Crippen LogP contribution in [0.2, 0.25) is 0 Å². The second-order valence-corrected chi connectivity index (χ2v) is 7.25. The van der Waals surface area contributed by atoms with Crippen molar-refractivity contribution < 1.29 is 13.9 Å². The van der Waals surface area contributed by atoms with Crippen LogP contribution in [-0.4, -0.2) is 17.2 Å². The summed E-state index contributed by atoms with van der Waals surface area (Å²) in [7, 11) is 0. The van der Waals surface area contributed by atoms with Gasteiger partial charge in [0.15, 0.2) is 5.66 Å². The van der Waals surface area contributed by atoms with E-state index in [4.69, 9.17) is 11.2 Å². The van der Waals surface area contributed by atoms with E-state index in [9.17, 15) is 9.18 Å². The lowest BCUT2D eigenvalue weighted by atomic mass is 9.89. The van der Waals surface area contributed by atoms with Crippen LogP contribution in [0.25, 0.3) is 0 Å². The minimum Gasteiger partial charge on any atom is -0.487 e. The van der Waals surface area contributed by atoms with Crippen LogP contribution in [0, 0.1) is 18.2 Å². The molecule has 2 aliphatic rings. The molecule has 0 radical (unpaired) electrons. The summed E-state index contributed by atoms with van der Waals surface area (Å²) < 4.78 is 19.3. The average Bonchev–Trinajstić information content (AvgIpc) is 3.30. The molecule has 2 aliphatic heterocycles. The smallest absolute Gasteiger partial charge is 0.220 e. The molecule has 1 amide bonds. The number of benzene rings is 1. The van der Waals surface area contributed by atoms with Gasteiger partial charge in [-0.05, 0) is 19.9 Å². The predicted molar refractivity (Wildman–Crippen MR) is 91.5 cm³/mol. The zero-order valence-corrected chi connectivity index (χ0v) is 14.5. The number of hydrogen-bond donors (Lipinski definition) is 1. The molecule has 0 saturated carbocycles. The van der Waals surface area contributed by atoms with Gasteiger partial charge in [0.2, 0.25) is 5.91 Å². The molecular weight excluding hydrogens is 321 g/mol. The topological polar surface area (TPSA) is 63.0 Å². The van der Waals surface area contributed by atoms with Crippen LogP contribution in [0.5, 0.6) is 5.75 Å². The second-order valence-electron chi connectivity index (χ2n) is 7.25. The Hall–Kier alpha value is -2.42. The summed E-state index contributed by atoms with van der Waals surface area (Å²) in [5.41, 5.74) is -0.134. The van der Waals surface area contributed by atoms with Crippen molar-refractivity contribution in [1.29, 1.82) is 0 Å². The predicted octanol–water partition coefficient (Wildman–Crippen LogP) is 3.90. The van der Waals surface area contributed by atoms with Gasteiger partial charge in [-0.3, -0.25) is 4.79 Å². The highest BCUT2D eigenvalue weighted by molar-refractivity contribution is 5.76. The molecule has 2 heterocycles. The fourth-order valence-corrected chi connectivity index (χ4v) is 3.20. The first kappa shape index (κ1) is 17.4. The molecule has 1 N–H and O–H groups in total. The molecule has 0 bridgehead atoms. The molecule has 1 aromatic rings. The summed E-state index contributed by atoms with van der Waals surface area (Å²) in [5.74, 6) is 2.64. The van der Waals surface area contributed by atoms with Crippen molar-refractivity contribution in [3.8, 4) is 18.1 Å². The number of halogens is 1. The highest BCUT2D eigenvalue weighted by Crippen LogP contribution is 2.40. The standard InChI is InChI=1S/C19H22FN3O2/c1-4-5-9-19(22-23-19)10-8-17(24)21-15-12-18(2,3)25-16-11-13(20)6-7-14(15)16/h1,6-7,11,15H,5,8-10,12H2,2-3H3,(H,21,24). The number of amides is 1. The number of carbonyl (C=O) groups excluding carboxylic acids is 1. The molecule has 25 heavy (non-hydrogen) atoms. The quantitative estimate of drug-likeness (QED) is 0.796. The van der Waals surface area contributed by atoms with Crippen molar-refractivity contribution >= 4 is 5.91 Å². The molecular formula is C19H22FN3O2. The molecule has 1 aromatic carbocycles. The van der Waals surface area contributed by atoms with Gasteiger partial charge in [-0.25, -0.2) is 4.39 Å². The molecule has 132 valence electrons. The number of hydrogen-bond acceptors (Lipinski definition) is 4. The maximum Gasteiger partial charge on any atom is 0.220 e. The molecule has 0 saturated heterocycles. The number of carbonyl (C=O) groups is 1. The van der Waals surface area contributed by atoms with E-state index in [2.05, 4.69) is 21.5 Å². The Morgan fingerprint density at radius 1 is 1.44 bits per heavy atom. The van der Waals surface area contributed by atoms with Crippen LogP contribution in [0.15, 0.2) is 28.4 Å². The maximum absolute atomic E-state index is 13.5. The fourth-order valence-electron chi connectivity index (χ4n) is 3.20. The van der Waals surface area contributed by atoms with Gasteiger partial charge in [0, 0.05) is 43.7 Å². The Balaban J connectivity index is 1.62. The first-order valence-electron chi connectivity index (χ1n) is 8.48. The Morgan fingerprint density at radius 3 is 2.88 bits per heavy atom. The van der Waals surface area contributed by atoms with E-state index in [1.807, 2.05) is 13.8 Å². The lowest BCUT2D eigenvalue weighted by molar-refractivity contribution is -0.122. The van der Waals surface area contributed by atoms with Gasteiger partial charge in [-0.15, -0.1) is 12.3 Å². The van der Waals surface area contributed by atoms with E-state index in [-0.39, 0.29) is 17.8 Å². The molecule has 1 unspecified atom stereocenters. The van der Waals surface area contributed by atoms with Gasteiger partial charge >= 0.3 is 0 Å². The normalized spacial score (nSPS) is 21.6. The molecule has 0 fully saturated rings. The number of nitrogens with one attached hydrogen (secondary N) is 1. The first-order valence-corrected chi connectivity index (χ1v) is 8.48. The van der Waals surface area contributed by atoms with Crippen LogP contribution in [0.4, 0.5) is 4.39 Å². The number of rotatable bonds is 6. The van der Waals surface area contributed by atoms with Crippen LogP contribution in [0.1, 0.15) is 57.6 Å². The zero-order valence-electron chi connectivity index (χ0n) is 14.5. The number of terminal acetylenes is 1. The molecule has 6 heteroatoms. The third kappa shape index (κ3) is 4.16. The highest BCUT2D eigenvalue weighted by Gasteiger charge is 2.40. The minimum absolute atomic E-state index is 0.0737. The Kier molecular flexibility index (Phi) is 4.51. The minimum atomic E-state index is -0.478. The maximum atomic E-state index is 13.5. The fraction of sp³-hybridized carbons (Fsp3) is 0.526. The Morgan fingerprint density at radius 2 is 2.20 bits per heavy atom. The third-order valence-corrected chi connectivity index (χ3v) is 4.57. The van der Waals surface area contributed by atoms with Crippen molar-refractivity contribution in [2.75, 3.05) is 0 Å². The van der Waals surface area contributed by atoms with Gasteiger partial charge in [0.25, 0.3) is 0 Å². The van der Waals surface area contributed by atoms with Crippen molar-refractivity contribution in [3.63, 3.8) is 0 Å². The molecule has 0 aliphatic carbocycles. The summed E-state index contributed by atoms with van der Waals surface area (Å²) in [4.78, 5) is 12.4. The Labute approximate surface area is 147 Å². The third-order valence-electron chi connectivity index (χ3n) is 4.57. The van der Waals surface area contributed by atoms with E-state index in [0.29, 0.717) is 37.9 Å². The van der Waals surface area contributed by atoms with Crippen molar-refractivity contribution in [2.24, 2.45) is 10.2 Å². The lowest BCUT2D eigenvalue weighted by Crippen LogP contribution is -2.41. The zero-order chi connectivity index (χ0) is 18.1. The van der Waals surface area contributed by atoms with Gasteiger partial charge < -0.3 is 10.1 Å². The van der Waals surface area contributed by atoms with Gasteiger partial charge in [0.05, 0.1) is 6.04 Å². The van der Waals surface area contributed by atoms with Crippen molar-refractivity contribution in [2.45, 2.75) is 63.3 Å². The first-order chi connectivity index (χ1) is 11.8. The SMILES string of the molecule is C#CCCC1(CCC(=O)NC2CC(C)(C)Oc3cc(F)ccc32)N=N1. The van der Waals surface area contributed by atoms with E-state index in [1.54, 1.807) is 6.07 Å². The van der Waals surface area contributed by atoms with E-state index < -0.39 is 11.3 Å². The van der Waals surface area contributed by atoms with E-state index in [0.717, 1.165) is 5.56 Å². The highest BCUT2D eigenvalue weighted by atomic mass is 19.1. The summed E-state index contributed by atoms with van der Waals surface area (Å²) >= 11 is 0. The van der Waals surface area contributed by atoms with Gasteiger partial charge in [-0.1, -0.05) is 6.07 Å². The summed E-state index contributed by atoms with van der Waals surface area (Å²) in [6.07, 6.45) is 8.06. The van der Waals surface area contributed by atoms with Crippen LogP contribution in [-0.2, 0) is 4.79 Å². The molecule has 0 aromatic heterocycles. The van der Waals surface area contributed by atoms with Crippen LogP contribution >= 0.6 is 0 Å². The van der Waals surface area contributed by atoms with Gasteiger partial charge in [-0.2, -0.15) is 10.2 Å². The second kappa shape index (κ2) is 6.47. The van der Waals surface area contributed by atoms with Gasteiger partial charge in [0.1, 0.15) is 17.2 Å². The summed E-state index contributed by atoms with van der Waals surface area (Å²) in [6, 6.07) is 4.22. The molecule has 1 atom stereocenters. The van der Waals surface area contributed by atoms with E-state index >= 15 is 0 Å². The molecule has 0 spiro atoms. The monoisotopic (exact) mass is 343 g/mol. The number of fused-ring (bicyclic) bond motifs is 1. The van der Waals surface area contributed by atoms with E-state index in [1.165, 1.54) is 12.1 Å². The largest absolute Gasteiger partial charge is 0.487 e. The summed E-state index contributed by atoms with van der Waals surface area (Å²) in [6.45, 7) is 3.85. The number of nitrogens with zero attached hydrogens (tertiary/aromatic N) is 2. The Bertz CT molecular complexity index is 746.